The largest absolute Gasteiger partial charge is 0.456 e. The molecule has 3 heterocycles. The summed E-state index contributed by atoms with van der Waals surface area (Å²) in [6, 6.07) is 74.5. The van der Waals surface area contributed by atoms with Gasteiger partial charge in [-0.2, -0.15) is 0 Å². The van der Waals surface area contributed by atoms with Crippen LogP contribution in [0, 0.1) is 0 Å². The summed E-state index contributed by atoms with van der Waals surface area (Å²) in [5.74, 6) is 1.82. The average Bonchev–Trinajstić information content (AvgIpc) is 3.93. The number of thiophene rings is 1. The Morgan fingerprint density at radius 3 is 1.48 bits per heavy atom. The first-order chi connectivity index (χ1) is 30.7. The molecule has 12 aromatic rings. The second-order valence-corrected chi connectivity index (χ2v) is 16.5. The van der Waals surface area contributed by atoms with Crippen LogP contribution in [0.2, 0.25) is 0 Å². The molecular weight excluding hydrogens is 775 g/mol. The summed E-state index contributed by atoms with van der Waals surface area (Å²) < 4.78 is 8.98. The van der Waals surface area contributed by atoms with E-state index in [1.165, 1.54) is 48.0 Å². The van der Waals surface area contributed by atoms with Gasteiger partial charge in [0.15, 0.2) is 17.5 Å². The lowest BCUT2D eigenvalue weighted by molar-refractivity contribution is 0.669. The normalized spacial score (nSPS) is 11.5. The molecule has 0 unspecified atom stereocenters. The van der Waals surface area contributed by atoms with E-state index in [1.807, 2.05) is 59.9 Å². The van der Waals surface area contributed by atoms with Gasteiger partial charge in [0.1, 0.15) is 11.2 Å². The van der Waals surface area contributed by atoms with Gasteiger partial charge in [0.05, 0.1) is 0 Å². The van der Waals surface area contributed by atoms with Gasteiger partial charge in [0.25, 0.3) is 0 Å². The molecule has 62 heavy (non-hydrogen) atoms. The standard InChI is InChI=1S/C57H35N3OS/c1-4-15-36(16-5-1)41-33-34-50-49(35-41)52-48(27-14-28-51(52)61-50)57-59-55(39-19-8-3-9-20-39)58-56(60-57)40-31-29-38(30-32-40)43-23-12-25-46-47-26-13-24-45(54(47)62-53(43)46)44-22-11-10-21-42(44)37-17-6-2-7-18-37/h1-35H. The van der Waals surface area contributed by atoms with Crippen LogP contribution in [0.4, 0.5) is 0 Å². The predicted octanol–water partition coefficient (Wildman–Crippen LogP) is 15.8. The maximum absolute atomic E-state index is 6.42. The first-order valence-corrected chi connectivity index (χ1v) is 21.6. The van der Waals surface area contributed by atoms with Crippen LogP contribution < -0.4 is 0 Å². The SMILES string of the molecule is c1ccc(-c2ccc3oc4cccc(-c5nc(-c6ccccc6)nc(-c6ccc(-c7cccc8c7sc7c(-c9ccccc9-c9ccccc9)cccc78)cc6)n5)c4c3c2)cc1. The summed E-state index contributed by atoms with van der Waals surface area (Å²) in [6.07, 6.45) is 0. The summed E-state index contributed by atoms with van der Waals surface area (Å²) in [5, 5.41) is 4.53. The van der Waals surface area contributed by atoms with Crippen LogP contribution in [0.1, 0.15) is 0 Å². The highest BCUT2D eigenvalue weighted by Gasteiger charge is 2.20. The summed E-state index contributed by atoms with van der Waals surface area (Å²) in [4.78, 5) is 15.4. The number of hydrogen-bond donors (Lipinski definition) is 0. The third-order valence-electron chi connectivity index (χ3n) is 11.8. The number of nitrogens with zero attached hydrogens (tertiary/aromatic N) is 3. The Bertz CT molecular complexity index is 3610. The van der Waals surface area contributed by atoms with Crippen molar-refractivity contribution in [1.82, 2.24) is 15.0 Å². The van der Waals surface area contributed by atoms with E-state index < -0.39 is 0 Å². The quantitative estimate of drug-likeness (QED) is 0.161. The lowest BCUT2D eigenvalue weighted by atomic mass is 9.93. The molecule has 0 amide bonds. The number of benzene rings is 9. The number of rotatable bonds is 7. The first kappa shape index (κ1) is 35.9. The van der Waals surface area contributed by atoms with Gasteiger partial charge in [-0.05, 0) is 57.1 Å². The van der Waals surface area contributed by atoms with E-state index in [-0.39, 0.29) is 0 Å². The molecule has 0 aliphatic rings. The molecule has 0 radical (unpaired) electrons. The van der Waals surface area contributed by atoms with Gasteiger partial charge < -0.3 is 4.42 Å². The summed E-state index contributed by atoms with van der Waals surface area (Å²) in [7, 11) is 0. The molecule has 0 N–H and O–H groups in total. The van der Waals surface area contributed by atoms with Gasteiger partial charge in [0, 0.05) is 53.2 Å². The van der Waals surface area contributed by atoms with Gasteiger partial charge in [-0.1, -0.05) is 194 Å². The lowest BCUT2D eigenvalue weighted by Gasteiger charge is -2.11. The number of furan rings is 1. The molecule has 0 aliphatic heterocycles. The Morgan fingerprint density at radius 2 is 0.774 bits per heavy atom. The Labute approximate surface area is 362 Å². The molecule has 4 nitrogen and oxygen atoms in total. The number of fused-ring (bicyclic) bond motifs is 6. The van der Waals surface area contributed by atoms with Gasteiger partial charge >= 0.3 is 0 Å². The van der Waals surface area contributed by atoms with Crippen molar-refractivity contribution < 1.29 is 4.42 Å². The van der Waals surface area contributed by atoms with Gasteiger partial charge in [-0.15, -0.1) is 11.3 Å². The van der Waals surface area contributed by atoms with Crippen molar-refractivity contribution in [2.45, 2.75) is 0 Å². The van der Waals surface area contributed by atoms with Crippen LogP contribution in [0.3, 0.4) is 0 Å². The van der Waals surface area contributed by atoms with Crippen molar-refractivity contribution in [2.24, 2.45) is 0 Å². The van der Waals surface area contributed by atoms with Gasteiger partial charge in [-0.3, -0.25) is 0 Å². The summed E-state index contributed by atoms with van der Waals surface area (Å²) in [6.45, 7) is 0. The third-order valence-corrected chi connectivity index (χ3v) is 13.1. The number of aromatic nitrogens is 3. The third kappa shape index (κ3) is 6.18. The Balaban J connectivity index is 0.970. The van der Waals surface area contributed by atoms with Crippen LogP contribution in [0.5, 0.6) is 0 Å². The maximum Gasteiger partial charge on any atom is 0.164 e. The molecule has 12 rings (SSSR count). The van der Waals surface area contributed by atoms with Crippen LogP contribution in [0.15, 0.2) is 217 Å². The van der Waals surface area contributed by atoms with E-state index in [2.05, 4.69) is 164 Å². The van der Waals surface area contributed by atoms with Crippen LogP contribution in [-0.4, -0.2) is 15.0 Å². The van der Waals surface area contributed by atoms with Gasteiger partial charge in [-0.25, -0.2) is 15.0 Å². The maximum atomic E-state index is 6.42. The van der Waals surface area contributed by atoms with Crippen molar-refractivity contribution in [3.63, 3.8) is 0 Å². The molecule has 0 bridgehead atoms. The van der Waals surface area contributed by atoms with Crippen molar-refractivity contribution in [3.8, 4) is 78.7 Å². The van der Waals surface area contributed by atoms with Crippen LogP contribution in [-0.2, 0) is 0 Å². The summed E-state index contributed by atoms with van der Waals surface area (Å²) in [5.41, 5.74) is 13.9. The fourth-order valence-electron chi connectivity index (χ4n) is 8.81. The topological polar surface area (TPSA) is 51.8 Å². The van der Waals surface area contributed by atoms with E-state index >= 15 is 0 Å². The highest BCUT2D eigenvalue weighted by molar-refractivity contribution is 7.26. The molecule has 9 aromatic carbocycles. The van der Waals surface area contributed by atoms with Crippen molar-refractivity contribution in [3.05, 3.63) is 212 Å². The smallest absolute Gasteiger partial charge is 0.164 e. The van der Waals surface area contributed by atoms with Crippen molar-refractivity contribution in [2.75, 3.05) is 0 Å². The van der Waals surface area contributed by atoms with E-state index in [9.17, 15) is 0 Å². The molecule has 5 heteroatoms. The zero-order valence-corrected chi connectivity index (χ0v) is 34.2. The minimum atomic E-state index is 0.594. The molecule has 0 saturated heterocycles. The van der Waals surface area contributed by atoms with E-state index in [0.29, 0.717) is 17.5 Å². The molecular formula is C57H35N3OS. The molecule has 3 aromatic heterocycles. The fourth-order valence-corrected chi connectivity index (χ4v) is 10.2. The Morgan fingerprint density at radius 1 is 0.290 bits per heavy atom. The van der Waals surface area contributed by atoms with Crippen LogP contribution in [0.25, 0.3) is 121 Å². The molecule has 0 aliphatic carbocycles. The molecule has 0 saturated carbocycles. The predicted molar refractivity (Wildman–Crippen MR) is 258 cm³/mol. The van der Waals surface area contributed by atoms with Crippen LogP contribution >= 0.6 is 11.3 Å². The van der Waals surface area contributed by atoms with Gasteiger partial charge in [0.2, 0.25) is 0 Å². The molecule has 0 atom stereocenters. The Kier molecular flexibility index (Phi) is 8.65. The monoisotopic (exact) mass is 809 g/mol. The minimum absolute atomic E-state index is 0.594. The van der Waals surface area contributed by atoms with Crippen molar-refractivity contribution >= 4 is 53.4 Å². The highest BCUT2D eigenvalue weighted by atomic mass is 32.1. The molecule has 0 fully saturated rings. The second-order valence-electron chi connectivity index (χ2n) is 15.5. The van der Waals surface area contributed by atoms with E-state index in [4.69, 9.17) is 19.4 Å². The van der Waals surface area contributed by atoms with Crippen molar-refractivity contribution in [1.29, 1.82) is 0 Å². The Hall–Kier alpha value is -7.99. The zero-order chi connectivity index (χ0) is 41.0. The van der Waals surface area contributed by atoms with E-state index in [0.717, 1.165) is 55.3 Å². The summed E-state index contributed by atoms with van der Waals surface area (Å²) >= 11 is 1.87. The average molecular weight is 810 g/mol. The molecule has 290 valence electrons. The lowest BCUT2D eigenvalue weighted by Crippen LogP contribution is -2.00. The minimum Gasteiger partial charge on any atom is -0.456 e. The highest BCUT2D eigenvalue weighted by Crippen LogP contribution is 2.46. The zero-order valence-electron chi connectivity index (χ0n) is 33.4. The molecule has 0 spiro atoms. The second kappa shape index (κ2) is 14.9. The number of hydrogen-bond acceptors (Lipinski definition) is 5. The fraction of sp³-hybridized carbons (Fsp3) is 0. The first-order valence-electron chi connectivity index (χ1n) is 20.8. The van der Waals surface area contributed by atoms with E-state index in [1.54, 1.807) is 0 Å².